The van der Waals surface area contributed by atoms with Crippen molar-refractivity contribution in [2.45, 2.75) is 20.0 Å². The number of thioether (sulfide) groups is 1. The summed E-state index contributed by atoms with van der Waals surface area (Å²) in [4.78, 5) is 2.34. The second-order valence-corrected chi connectivity index (χ2v) is 5.71. The van der Waals surface area contributed by atoms with Crippen LogP contribution in [0.15, 0.2) is 0 Å². The van der Waals surface area contributed by atoms with E-state index >= 15 is 0 Å². The first kappa shape index (κ1) is 13.3. The molecule has 1 aliphatic heterocycles. The van der Waals surface area contributed by atoms with Crippen molar-refractivity contribution >= 4 is 11.8 Å². The van der Waals surface area contributed by atoms with Crippen LogP contribution < -0.4 is 5.32 Å². The first-order valence-electron chi connectivity index (χ1n) is 5.87. The van der Waals surface area contributed by atoms with Crippen LogP contribution in [-0.2, 0) is 0 Å². The predicted octanol–water partition coefficient (Wildman–Crippen LogP) is 0.642. The summed E-state index contributed by atoms with van der Waals surface area (Å²) in [6.07, 6.45) is -0.160. The molecule has 3 nitrogen and oxygen atoms in total. The van der Waals surface area contributed by atoms with Crippen molar-refractivity contribution < 1.29 is 5.11 Å². The third kappa shape index (κ3) is 6.40. The number of rotatable bonds is 6. The minimum Gasteiger partial charge on any atom is -0.391 e. The number of hydrogen-bond donors (Lipinski definition) is 2. The molecule has 4 heteroatoms. The fourth-order valence-corrected chi connectivity index (χ4v) is 2.67. The van der Waals surface area contributed by atoms with Crippen molar-refractivity contribution in [1.29, 1.82) is 0 Å². The predicted molar refractivity (Wildman–Crippen MR) is 67.5 cm³/mol. The molecule has 0 aromatic heterocycles. The van der Waals surface area contributed by atoms with Crippen LogP contribution in [0.3, 0.4) is 0 Å². The Balaban J connectivity index is 2.03. The Morgan fingerprint density at radius 1 is 1.27 bits per heavy atom. The molecule has 15 heavy (non-hydrogen) atoms. The highest BCUT2D eigenvalue weighted by atomic mass is 32.2. The highest BCUT2D eigenvalue weighted by Crippen LogP contribution is 2.09. The zero-order valence-electron chi connectivity index (χ0n) is 9.91. The number of β-amino-alcohol motifs (C(OH)–C–C–N with tert-alkyl or cyclic N) is 1. The summed E-state index contributed by atoms with van der Waals surface area (Å²) in [5.41, 5.74) is 0. The first-order valence-corrected chi connectivity index (χ1v) is 7.03. The van der Waals surface area contributed by atoms with Gasteiger partial charge in [-0.2, -0.15) is 11.8 Å². The Bertz CT molecular complexity index is 161. The third-order valence-corrected chi connectivity index (χ3v) is 3.96. The molecule has 90 valence electrons. The number of nitrogens with one attached hydrogen (secondary N) is 1. The van der Waals surface area contributed by atoms with E-state index in [0.29, 0.717) is 0 Å². The zero-order chi connectivity index (χ0) is 11.1. The van der Waals surface area contributed by atoms with Gasteiger partial charge >= 0.3 is 0 Å². The highest BCUT2D eigenvalue weighted by molar-refractivity contribution is 7.99. The summed E-state index contributed by atoms with van der Waals surface area (Å²) in [5.74, 6) is 2.75. The lowest BCUT2D eigenvalue weighted by atomic mass is 10.3. The molecule has 0 amide bonds. The Labute approximate surface area is 97.6 Å². The van der Waals surface area contributed by atoms with Gasteiger partial charge in [-0.05, 0) is 11.7 Å². The van der Waals surface area contributed by atoms with Gasteiger partial charge in [-0.3, -0.25) is 4.90 Å². The average Bonchev–Trinajstić information content (AvgIpc) is 2.18. The van der Waals surface area contributed by atoms with E-state index in [2.05, 4.69) is 24.1 Å². The van der Waals surface area contributed by atoms with Crippen molar-refractivity contribution in [2.24, 2.45) is 5.92 Å². The molecule has 1 saturated heterocycles. The Hall–Kier alpha value is 0.230. The smallest absolute Gasteiger partial charge is 0.0757 e. The fraction of sp³-hybridized carbons (Fsp3) is 1.00. The molecular weight excluding hydrogens is 208 g/mol. The molecule has 0 spiro atoms. The molecule has 2 N–H and O–H groups in total. The Kier molecular flexibility index (Phi) is 6.64. The molecule has 1 aliphatic rings. The summed E-state index contributed by atoms with van der Waals surface area (Å²) in [6, 6.07) is 0. The maximum Gasteiger partial charge on any atom is 0.0757 e. The molecule has 0 radical (unpaired) electrons. The maximum absolute atomic E-state index is 9.83. The van der Waals surface area contributed by atoms with Gasteiger partial charge < -0.3 is 10.4 Å². The minimum absolute atomic E-state index is 0.160. The number of aliphatic hydroxyl groups is 1. The van der Waals surface area contributed by atoms with Gasteiger partial charge in [-0.25, -0.2) is 0 Å². The summed E-state index contributed by atoms with van der Waals surface area (Å²) in [6.45, 7) is 9.55. The minimum atomic E-state index is -0.160. The number of hydrogen-bond acceptors (Lipinski definition) is 4. The standard InChI is InChI=1S/C11H24N2OS/c1-10(2)8-15-9-11(14)7-13-5-3-12-4-6-13/h10-12,14H,3-9H2,1-2H3. The Morgan fingerprint density at radius 2 is 1.93 bits per heavy atom. The van der Waals surface area contributed by atoms with Crippen molar-refractivity contribution in [3.05, 3.63) is 0 Å². The molecule has 0 bridgehead atoms. The van der Waals surface area contributed by atoms with Crippen LogP contribution in [0.2, 0.25) is 0 Å². The summed E-state index contributed by atoms with van der Waals surface area (Å²) >= 11 is 1.87. The van der Waals surface area contributed by atoms with Gasteiger partial charge in [0.25, 0.3) is 0 Å². The summed E-state index contributed by atoms with van der Waals surface area (Å²) in [7, 11) is 0. The van der Waals surface area contributed by atoms with E-state index in [1.165, 1.54) is 0 Å². The molecule has 1 rings (SSSR count). The maximum atomic E-state index is 9.83. The lowest BCUT2D eigenvalue weighted by molar-refractivity contribution is 0.121. The van der Waals surface area contributed by atoms with Crippen LogP contribution in [0.5, 0.6) is 0 Å². The topological polar surface area (TPSA) is 35.5 Å². The molecule has 1 unspecified atom stereocenters. The van der Waals surface area contributed by atoms with Crippen LogP contribution in [-0.4, -0.2) is 60.3 Å². The molecule has 0 aromatic carbocycles. The van der Waals surface area contributed by atoms with Crippen LogP contribution >= 0.6 is 11.8 Å². The second kappa shape index (κ2) is 7.49. The summed E-state index contributed by atoms with van der Waals surface area (Å²) in [5, 5.41) is 13.1. The van der Waals surface area contributed by atoms with E-state index in [9.17, 15) is 5.11 Å². The zero-order valence-corrected chi connectivity index (χ0v) is 10.7. The van der Waals surface area contributed by atoms with Crippen LogP contribution in [0.25, 0.3) is 0 Å². The van der Waals surface area contributed by atoms with Gasteiger partial charge in [0.15, 0.2) is 0 Å². The molecule has 1 fully saturated rings. The third-order valence-electron chi connectivity index (χ3n) is 2.44. The van der Waals surface area contributed by atoms with E-state index in [-0.39, 0.29) is 6.10 Å². The van der Waals surface area contributed by atoms with Crippen molar-refractivity contribution in [3.63, 3.8) is 0 Å². The van der Waals surface area contributed by atoms with Crippen LogP contribution in [0.1, 0.15) is 13.8 Å². The summed E-state index contributed by atoms with van der Waals surface area (Å²) < 4.78 is 0. The van der Waals surface area contributed by atoms with Gasteiger partial charge in [0, 0.05) is 38.5 Å². The average molecular weight is 232 g/mol. The van der Waals surface area contributed by atoms with E-state index < -0.39 is 0 Å². The Morgan fingerprint density at radius 3 is 2.53 bits per heavy atom. The molecule has 1 heterocycles. The lowest BCUT2D eigenvalue weighted by Gasteiger charge is -2.29. The molecule has 0 aliphatic carbocycles. The lowest BCUT2D eigenvalue weighted by Crippen LogP contribution is -2.46. The van der Waals surface area contributed by atoms with Gasteiger partial charge in [-0.15, -0.1) is 0 Å². The number of piperazine rings is 1. The van der Waals surface area contributed by atoms with Gasteiger partial charge in [0.05, 0.1) is 6.10 Å². The van der Waals surface area contributed by atoms with Crippen molar-refractivity contribution in [3.8, 4) is 0 Å². The van der Waals surface area contributed by atoms with E-state index in [0.717, 1.165) is 50.1 Å². The van der Waals surface area contributed by atoms with Crippen molar-refractivity contribution in [1.82, 2.24) is 10.2 Å². The molecule has 1 atom stereocenters. The monoisotopic (exact) mass is 232 g/mol. The quantitative estimate of drug-likeness (QED) is 0.704. The SMILES string of the molecule is CC(C)CSCC(O)CN1CCNCC1. The van der Waals surface area contributed by atoms with Gasteiger partial charge in [0.2, 0.25) is 0 Å². The van der Waals surface area contributed by atoms with E-state index in [4.69, 9.17) is 0 Å². The number of nitrogens with zero attached hydrogens (tertiary/aromatic N) is 1. The van der Waals surface area contributed by atoms with Crippen LogP contribution in [0.4, 0.5) is 0 Å². The highest BCUT2D eigenvalue weighted by Gasteiger charge is 2.14. The fourth-order valence-electron chi connectivity index (χ4n) is 1.68. The molecule has 0 aromatic rings. The van der Waals surface area contributed by atoms with Gasteiger partial charge in [-0.1, -0.05) is 13.8 Å². The second-order valence-electron chi connectivity index (χ2n) is 4.64. The van der Waals surface area contributed by atoms with E-state index in [1.54, 1.807) is 0 Å². The number of aliphatic hydroxyl groups excluding tert-OH is 1. The van der Waals surface area contributed by atoms with Gasteiger partial charge in [0.1, 0.15) is 0 Å². The van der Waals surface area contributed by atoms with E-state index in [1.807, 2.05) is 11.8 Å². The van der Waals surface area contributed by atoms with Crippen molar-refractivity contribution in [2.75, 3.05) is 44.2 Å². The molecular formula is C11H24N2OS. The largest absolute Gasteiger partial charge is 0.391 e. The normalized spacial score (nSPS) is 20.8. The molecule has 0 saturated carbocycles. The van der Waals surface area contributed by atoms with Crippen LogP contribution in [0, 0.1) is 5.92 Å². The first-order chi connectivity index (χ1) is 7.18.